The first-order valence-electron chi connectivity index (χ1n) is 9.09. The minimum Gasteiger partial charge on any atom is -0.380 e. The van der Waals surface area contributed by atoms with Crippen LogP contribution in [0.1, 0.15) is 12.0 Å². The molecular formula is C19H19N7O2. The summed E-state index contributed by atoms with van der Waals surface area (Å²) in [7, 11) is 1.67. The number of benzene rings is 1. The van der Waals surface area contributed by atoms with Gasteiger partial charge in [-0.15, -0.1) is 10.2 Å². The number of carbonyl (C=O) groups excluding carboxylic acids is 1. The lowest BCUT2D eigenvalue weighted by atomic mass is 10.0. The van der Waals surface area contributed by atoms with Gasteiger partial charge in [-0.05, 0) is 18.6 Å². The normalized spacial score (nSPS) is 20.6. The molecule has 142 valence electrons. The van der Waals surface area contributed by atoms with Crippen molar-refractivity contribution in [1.82, 2.24) is 25.1 Å². The van der Waals surface area contributed by atoms with Gasteiger partial charge in [0.15, 0.2) is 17.5 Å². The molecule has 1 aromatic carbocycles. The maximum Gasteiger partial charge on any atom is 0.248 e. The van der Waals surface area contributed by atoms with Crippen LogP contribution in [0.15, 0.2) is 30.7 Å². The SMILES string of the molecule is CO[C@H]1C[C@@H]2C(=O)Nc3ncc(-c4ccc(-c5nnc[nH]5)cc4C)nc3N2C1. The van der Waals surface area contributed by atoms with Crippen LogP contribution in [0.2, 0.25) is 0 Å². The van der Waals surface area contributed by atoms with Gasteiger partial charge < -0.3 is 19.9 Å². The molecule has 2 atom stereocenters. The van der Waals surface area contributed by atoms with Crippen LogP contribution in [-0.4, -0.2) is 56.9 Å². The Kier molecular flexibility index (Phi) is 3.83. The fraction of sp³-hybridized carbons (Fsp3) is 0.316. The molecule has 2 N–H and O–H groups in total. The van der Waals surface area contributed by atoms with Crippen LogP contribution in [0.4, 0.5) is 11.6 Å². The zero-order chi connectivity index (χ0) is 19.3. The third kappa shape index (κ3) is 2.63. The predicted molar refractivity (Wildman–Crippen MR) is 103 cm³/mol. The highest BCUT2D eigenvalue weighted by Crippen LogP contribution is 2.36. The molecule has 0 bridgehead atoms. The number of H-pyrrole nitrogens is 1. The van der Waals surface area contributed by atoms with Gasteiger partial charge in [0.1, 0.15) is 12.4 Å². The highest BCUT2D eigenvalue weighted by molar-refractivity contribution is 6.02. The Balaban J connectivity index is 1.53. The van der Waals surface area contributed by atoms with Gasteiger partial charge in [-0.1, -0.05) is 12.1 Å². The Morgan fingerprint density at radius 2 is 2.21 bits per heavy atom. The van der Waals surface area contributed by atoms with Crippen molar-refractivity contribution in [2.24, 2.45) is 0 Å². The van der Waals surface area contributed by atoms with Gasteiger partial charge in [0, 0.05) is 31.2 Å². The molecule has 0 aliphatic carbocycles. The molecule has 9 heteroatoms. The third-order valence-electron chi connectivity index (χ3n) is 5.36. The summed E-state index contributed by atoms with van der Waals surface area (Å²) < 4.78 is 5.47. The molecule has 2 aromatic heterocycles. The average molecular weight is 377 g/mol. The summed E-state index contributed by atoms with van der Waals surface area (Å²) in [6.45, 7) is 2.65. The molecule has 5 rings (SSSR count). The first kappa shape index (κ1) is 16.8. The maximum atomic E-state index is 12.4. The predicted octanol–water partition coefficient (Wildman–Crippen LogP) is 1.78. The number of aryl methyl sites for hydroxylation is 1. The van der Waals surface area contributed by atoms with Crippen molar-refractivity contribution in [2.75, 3.05) is 23.9 Å². The molecule has 0 radical (unpaired) electrons. The maximum absolute atomic E-state index is 12.4. The molecule has 28 heavy (non-hydrogen) atoms. The number of carbonyl (C=O) groups is 1. The molecule has 0 unspecified atom stereocenters. The summed E-state index contributed by atoms with van der Waals surface area (Å²) in [4.78, 5) is 26.7. The fourth-order valence-electron chi connectivity index (χ4n) is 3.89. The number of rotatable bonds is 3. The van der Waals surface area contributed by atoms with E-state index in [1.807, 2.05) is 30.0 Å². The molecule has 0 spiro atoms. The van der Waals surface area contributed by atoms with Crippen molar-refractivity contribution in [3.8, 4) is 22.6 Å². The minimum absolute atomic E-state index is 0.00933. The summed E-state index contributed by atoms with van der Waals surface area (Å²) in [5.74, 6) is 1.86. The Bertz CT molecular complexity index is 1050. The Labute approximate surface area is 161 Å². The van der Waals surface area contributed by atoms with Crippen LogP contribution >= 0.6 is 0 Å². The van der Waals surface area contributed by atoms with E-state index >= 15 is 0 Å². The zero-order valence-electron chi connectivity index (χ0n) is 15.5. The number of methoxy groups -OCH3 is 1. The highest BCUT2D eigenvalue weighted by Gasteiger charge is 2.42. The second-order valence-electron chi connectivity index (χ2n) is 7.05. The standard InChI is InChI=1S/C19H19N7O2/c1-10-5-11(16-21-9-22-25-16)3-4-13(10)14-7-20-17-18(23-14)26-8-12(28-2)6-15(26)19(27)24-17/h3-5,7,9,12,15H,6,8H2,1-2H3,(H,20,24,27)(H,21,22,25)/t12-,15+/m0/s1. The number of amides is 1. The molecule has 4 heterocycles. The van der Waals surface area contributed by atoms with Crippen molar-refractivity contribution in [3.63, 3.8) is 0 Å². The summed E-state index contributed by atoms with van der Waals surface area (Å²) >= 11 is 0. The van der Waals surface area contributed by atoms with Crippen LogP contribution in [0, 0.1) is 6.92 Å². The van der Waals surface area contributed by atoms with Gasteiger partial charge >= 0.3 is 0 Å². The molecule has 2 aliphatic heterocycles. The number of hydrogen-bond donors (Lipinski definition) is 2. The second kappa shape index (κ2) is 6.38. The van der Waals surface area contributed by atoms with Crippen LogP contribution < -0.4 is 10.2 Å². The summed E-state index contributed by atoms with van der Waals surface area (Å²) in [5, 5.41) is 10.8. The summed E-state index contributed by atoms with van der Waals surface area (Å²) in [6.07, 6.45) is 3.91. The van der Waals surface area contributed by atoms with Crippen LogP contribution in [0.25, 0.3) is 22.6 Å². The van der Waals surface area contributed by atoms with E-state index in [2.05, 4.69) is 25.5 Å². The lowest BCUT2D eigenvalue weighted by molar-refractivity contribution is -0.117. The van der Waals surface area contributed by atoms with Gasteiger partial charge in [-0.2, -0.15) is 0 Å². The first-order valence-corrected chi connectivity index (χ1v) is 9.09. The highest BCUT2D eigenvalue weighted by atomic mass is 16.5. The van der Waals surface area contributed by atoms with Crippen molar-refractivity contribution in [3.05, 3.63) is 36.3 Å². The van der Waals surface area contributed by atoms with E-state index < -0.39 is 0 Å². The van der Waals surface area contributed by atoms with Crippen molar-refractivity contribution in [1.29, 1.82) is 0 Å². The summed E-state index contributed by atoms with van der Waals surface area (Å²) in [6, 6.07) is 5.76. The van der Waals surface area contributed by atoms with E-state index in [0.717, 1.165) is 28.2 Å². The van der Waals surface area contributed by atoms with Gasteiger partial charge in [0.05, 0.1) is 18.0 Å². The first-order chi connectivity index (χ1) is 13.6. The third-order valence-corrected chi connectivity index (χ3v) is 5.36. The van der Waals surface area contributed by atoms with E-state index in [-0.39, 0.29) is 18.1 Å². The Hall–Kier alpha value is -3.33. The van der Waals surface area contributed by atoms with Crippen LogP contribution in [0.3, 0.4) is 0 Å². The van der Waals surface area contributed by atoms with Crippen molar-refractivity contribution >= 4 is 17.5 Å². The van der Waals surface area contributed by atoms with E-state index in [4.69, 9.17) is 9.72 Å². The smallest absolute Gasteiger partial charge is 0.248 e. The number of aromatic amines is 1. The molecule has 1 amide bonds. The number of hydrogen-bond acceptors (Lipinski definition) is 7. The molecule has 1 saturated heterocycles. The van der Waals surface area contributed by atoms with E-state index in [1.54, 1.807) is 19.6 Å². The van der Waals surface area contributed by atoms with E-state index in [1.165, 1.54) is 0 Å². The number of nitrogens with one attached hydrogen (secondary N) is 2. The number of nitrogens with zero attached hydrogens (tertiary/aromatic N) is 5. The average Bonchev–Trinajstić information content (AvgIpc) is 3.38. The van der Waals surface area contributed by atoms with E-state index in [0.29, 0.717) is 24.6 Å². The zero-order valence-corrected chi connectivity index (χ0v) is 15.5. The molecular weight excluding hydrogens is 358 g/mol. The Morgan fingerprint density at radius 3 is 2.96 bits per heavy atom. The van der Waals surface area contributed by atoms with Crippen LogP contribution in [-0.2, 0) is 9.53 Å². The fourth-order valence-corrected chi connectivity index (χ4v) is 3.89. The summed E-state index contributed by atoms with van der Waals surface area (Å²) in [5.41, 5.74) is 3.75. The number of anilines is 2. The minimum atomic E-state index is -0.267. The van der Waals surface area contributed by atoms with Crippen molar-refractivity contribution < 1.29 is 9.53 Å². The monoisotopic (exact) mass is 377 g/mol. The number of ether oxygens (including phenoxy) is 1. The number of fused-ring (bicyclic) bond motifs is 3. The topological polar surface area (TPSA) is 109 Å². The lowest BCUT2D eigenvalue weighted by Gasteiger charge is -2.30. The molecule has 3 aromatic rings. The lowest BCUT2D eigenvalue weighted by Crippen LogP contribution is -2.44. The quantitative estimate of drug-likeness (QED) is 0.716. The number of aromatic nitrogens is 5. The van der Waals surface area contributed by atoms with Gasteiger partial charge in [-0.25, -0.2) is 9.97 Å². The largest absolute Gasteiger partial charge is 0.380 e. The molecule has 9 nitrogen and oxygen atoms in total. The molecule has 2 aliphatic rings. The van der Waals surface area contributed by atoms with E-state index in [9.17, 15) is 4.79 Å². The Morgan fingerprint density at radius 1 is 1.32 bits per heavy atom. The van der Waals surface area contributed by atoms with Crippen molar-refractivity contribution in [2.45, 2.75) is 25.5 Å². The van der Waals surface area contributed by atoms with Gasteiger partial charge in [0.25, 0.3) is 0 Å². The molecule has 1 fully saturated rings. The van der Waals surface area contributed by atoms with Gasteiger partial charge in [0.2, 0.25) is 5.91 Å². The molecule has 0 saturated carbocycles. The van der Waals surface area contributed by atoms with Crippen LogP contribution in [0.5, 0.6) is 0 Å². The second-order valence-corrected chi connectivity index (χ2v) is 7.05. The van der Waals surface area contributed by atoms with Gasteiger partial charge in [-0.3, -0.25) is 4.79 Å².